The molecule has 0 radical (unpaired) electrons. The molecule has 1 heterocycles. The predicted molar refractivity (Wildman–Crippen MR) is 43.0 cm³/mol. The Hall–Kier alpha value is -1.32. The van der Waals surface area contributed by atoms with Gasteiger partial charge in [0.15, 0.2) is 5.69 Å². The maximum absolute atomic E-state index is 10.8. The second kappa shape index (κ2) is 2.62. The third kappa shape index (κ3) is 0.995. The summed E-state index contributed by atoms with van der Waals surface area (Å²) in [4.78, 5) is 10.8. The smallest absolute Gasteiger partial charge is 0.380 e. The molecule has 4 nitrogen and oxygen atoms in total. The van der Waals surface area contributed by atoms with E-state index in [1.54, 1.807) is 18.5 Å². The Bertz CT molecular complexity index is 314. The Morgan fingerprint density at radius 2 is 2.00 bits per heavy atom. The Morgan fingerprint density at radius 3 is 2.17 bits per heavy atom. The molecule has 0 saturated carbocycles. The average Bonchev–Trinajstić information content (AvgIpc) is 2.16. The number of aromatic nitrogens is 2. The topological polar surface area (TPSA) is 46.1 Å². The lowest BCUT2D eigenvalue weighted by atomic mass is 10.3. The minimum atomic E-state index is -0.876. The molecule has 0 saturated heterocycles. The lowest BCUT2D eigenvalue weighted by Crippen LogP contribution is -2.36. The highest BCUT2D eigenvalue weighted by Crippen LogP contribution is 2.05. The number of hydrogen-bond donors (Lipinski definition) is 1. The zero-order chi connectivity index (χ0) is 9.46. The van der Waals surface area contributed by atoms with Crippen molar-refractivity contribution in [2.75, 3.05) is 0 Å². The van der Waals surface area contributed by atoms with Crippen molar-refractivity contribution in [3.63, 3.8) is 0 Å². The van der Waals surface area contributed by atoms with Gasteiger partial charge in [0, 0.05) is 13.8 Å². The molecule has 1 rings (SSSR count). The highest BCUT2D eigenvalue weighted by atomic mass is 16.4. The van der Waals surface area contributed by atoms with E-state index in [2.05, 4.69) is 0 Å². The van der Waals surface area contributed by atoms with Gasteiger partial charge >= 0.3 is 5.97 Å². The van der Waals surface area contributed by atoms with Gasteiger partial charge in [-0.2, -0.15) is 0 Å². The van der Waals surface area contributed by atoms with Crippen LogP contribution in [0.25, 0.3) is 0 Å². The third-order valence-corrected chi connectivity index (χ3v) is 2.35. The quantitative estimate of drug-likeness (QED) is 0.609. The summed E-state index contributed by atoms with van der Waals surface area (Å²) in [7, 11) is 3.61. The van der Waals surface area contributed by atoms with Gasteiger partial charge < -0.3 is 5.11 Å². The standard InChI is InChI=1S/C8H12N2O2/c1-5-7(8(11)12)10(4)6(2)9(5)3/h1-4H3/p+1. The number of aromatic carboxylic acids is 1. The molecular formula is C8H13N2O2+. The number of imidazole rings is 1. The van der Waals surface area contributed by atoms with E-state index < -0.39 is 5.97 Å². The summed E-state index contributed by atoms with van der Waals surface area (Å²) in [6.45, 7) is 3.69. The zero-order valence-electron chi connectivity index (χ0n) is 7.75. The normalized spacial score (nSPS) is 10.3. The van der Waals surface area contributed by atoms with Crippen molar-refractivity contribution in [2.24, 2.45) is 14.1 Å². The van der Waals surface area contributed by atoms with Crippen molar-refractivity contribution in [2.45, 2.75) is 13.8 Å². The molecule has 0 aliphatic carbocycles. The number of carboxylic acids is 1. The second-order valence-electron chi connectivity index (χ2n) is 2.90. The fourth-order valence-corrected chi connectivity index (χ4v) is 1.33. The van der Waals surface area contributed by atoms with Crippen LogP contribution in [-0.2, 0) is 14.1 Å². The maximum Gasteiger partial charge on any atom is 0.380 e. The summed E-state index contributed by atoms with van der Waals surface area (Å²) in [6, 6.07) is 0. The Labute approximate surface area is 71.1 Å². The molecule has 0 amide bonds. The lowest BCUT2D eigenvalue weighted by molar-refractivity contribution is -0.679. The van der Waals surface area contributed by atoms with Gasteiger partial charge in [-0.3, -0.25) is 0 Å². The van der Waals surface area contributed by atoms with E-state index >= 15 is 0 Å². The molecule has 0 aliphatic rings. The fourth-order valence-electron chi connectivity index (χ4n) is 1.33. The molecule has 0 atom stereocenters. The van der Waals surface area contributed by atoms with Crippen LogP contribution in [0.15, 0.2) is 0 Å². The lowest BCUT2D eigenvalue weighted by Gasteiger charge is -1.88. The first-order valence-electron chi connectivity index (χ1n) is 3.72. The number of carboxylic acid groups (broad SMARTS) is 1. The number of hydrogen-bond acceptors (Lipinski definition) is 1. The van der Waals surface area contributed by atoms with Crippen LogP contribution in [0.3, 0.4) is 0 Å². The molecule has 4 heteroatoms. The molecule has 1 aromatic rings. The van der Waals surface area contributed by atoms with Gasteiger partial charge in [-0.15, -0.1) is 0 Å². The Morgan fingerprint density at radius 1 is 1.50 bits per heavy atom. The first kappa shape index (κ1) is 8.77. The maximum atomic E-state index is 10.8. The molecule has 0 aliphatic heterocycles. The predicted octanol–water partition coefficient (Wildman–Crippen LogP) is 0.165. The largest absolute Gasteiger partial charge is 0.475 e. The SMILES string of the molecule is Cc1c(C(=O)O)[n+](C)c(C)n1C. The first-order valence-corrected chi connectivity index (χ1v) is 3.72. The highest BCUT2D eigenvalue weighted by Gasteiger charge is 2.25. The third-order valence-electron chi connectivity index (χ3n) is 2.35. The molecule has 0 aromatic carbocycles. The van der Waals surface area contributed by atoms with Crippen molar-refractivity contribution >= 4 is 5.97 Å². The summed E-state index contributed by atoms with van der Waals surface area (Å²) in [6.07, 6.45) is 0. The van der Waals surface area contributed by atoms with Crippen molar-refractivity contribution in [3.05, 3.63) is 17.2 Å². The molecular weight excluding hydrogens is 156 g/mol. The Balaban J connectivity index is 3.48. The summed E-state index contributed by atoms with van der Waals surface area (Å²) < 4.78 is 3.54. The van der Waals surface area contributed by atoms with Crippen LogP contribution in [0.5, 0.6) is 0 Å². The van der Waals surface area contributed by atoms with Crippen LogP contribution in [0.1, 0.15) is 22.0 Å². The first-order chi connectivity index (χ1) is 5.46. The number of nitrogens with zero attached hydrogens (tertiary/aromatic N) is 2. The summed E-state index contributed by atoms with van der Waals surface area (Å²) >= 11 is 0. The van der Waals surface area contributed by atoms with E-state index in [9.17, 15) is 4.79 Å². The van der Waals surface area contributed by atoms with Crippen molar-refractivity contribution in [1.29, 1.82) is 0 Å². The van der Waals surface area contributed by atoms with Crippen LogP contribution in [-0.4, -0.2) is 15.6 Å². The van der Waals surface area contributed by atoms with Crippen molar-refractivity contribution in [3.8, 4) is 0 Å². The fraction of sp³-hybridized carbons (Fsp3) is 0.500. The number of carbonyl (C=O) groups is 1. The van der Waals surface area contributed by atoms with Gasteiger partial charge in [-0.05, 0) is 0 Å². The summed E-state index contributed by atoms with van der Waals surface area (Å²) in [5.41, 5.74) is 1.14. The second-order valence-corrected chi connectivity index (χ2v) is 2.90. The zero-order valence-corrected chi connectivity index (χ0v) is 7.75. The van der Waals surface area contributed by atoms with Crippen molar-refractivity contribution < 1.29 is 14.5 Å². The molecule has 0 spiro atoms. The minimum Gasteiger partial charge on any atom is -0.475 e. The van der Waals surface area contributed by atoms with E-state index in [1.165, 1.54) is 0 Å². The van der Waals surface area contributed by atoms with Crippen LogP contribution in [0.2, 0.25) is 0 Å². The van der Waals surface area contributed by atoms with E-state index in [1.807, 2.05) is 18.5 Å². The van der Waals surface area contributed by atoms with E-state index in [0.29, 0.717) is 5.69 Å². The van der Waals surface area contributed by atoms with E-state index in [4.69, 9.17) is 5.11 Å². The van der Waals surface area contributed by atoms with Crippen molar-refractivity contribution in [1.82, 2.24) is 4.57 Å². The summed E-state index contributed by atoms with van der Waals surface area (Å²) in [5, 5.41) is 8.85. The molecule has 0 fully saturated rings. The van der Waals surface area contributed by atoms with Crippen LogP contribution < -0.4 is 4.57 Å². The minimum absolute atomic E-state index is 0.356. The van der Waals surface area contributed by atoms with Gasteiger partial charge in [0.25, 0.3) is 11.5 Å². The van der Waals surface area contributed by atoms with Crippen LogP contribution in [0.4, 0.5) is 0 Å². The van der Waals surface area contributed by atoms with E-state index in [0.717, 1.165) is 11.5 Å². The van der Waals surface area contributed by atoms with Gasteiger partial charge in [0.05, 0.1) is 14.1 Å². The summed E-state index contributed by atoms with van der Waals surface area (Å²) in [5.74, 6) is 0.0589. The molecule has 66 valence electrons. The average molecular weight is 169 g/mol. The van der Waals surface area contributed by atoms with Gasteiger partial charge in [0.2, 0.25) is 0 Å². The van der Waals surface area contributed by atoms with Crippen LogP contribution >= 0.6 is 0 Å². The molecule has 1 aromatic heterocycles. The monoisotopic (exact) mass is 169 g/mol. The van der Waals surface area contributed by atoms with Gasteiger partial charge in [-0.1, -0.05) is 0 Å². The molecule has 0 bridgehead atoms. The molecule has 12 heavy (non-hydrogen) atoms. The van der Waals surface area contributed by atoms with E-state index in [-0.39, 0.29) is 0 Å². The number of rotatable bonds is 1. The highest BCUT2D eigenvalue weighted by molar-refractivity contribution is 5.84. The molecule has 0 unspecified atom stereocenters. The molecule has 1 N–H and O–H groups in total. The van der Waals surface area contributed by atoms with Gasteiger partial charge in [-0.25, -0.2) is 13.9 Å². The van der Waals surface area contributed by atoms with Gasteiger partial charge in [0.1, 0.15) is 0 Å². The van der Waals surface area contributed by atoms with Crippen LogP contribution in [0, 0.1) is 13.8 Å². The Kier molecular flexibility index (Phi) is 1.92.